The van der Waals surface area contributed by atoms with Crippen LogP contribution >= 0.6 is 0 Å². The number of amides is 1. The average molecular weight is 971 g/mol. The van der Waals surface area contributed by atoms with E-state index >= 15 is 0 Å². The smallest absolute Gasteiger partial charge is 0.410 e. The minimum Gasteiger partial charge on any atom is -0.494 e. The summed E-state index contributed by atoms with van der Waals surface area (Å²) in [4.78, 5) is 23.2. The number of rotatable bonds is 24. The van der Waals surface area contributed by atoms with Crippen molar-refractivity contribution in [3.05, 3.63) is 125 Å². The molecule has 7 N–H and O–H groups in total. The lowest BCUT2D eigenvalue weighted by molar-refractivity contribution is 0.00698. The fourth-order valence-corrected chi connectivity index (χ4v) is 8.21. The number of nitriles is 1. The first-order chi connectivity index (χ1) is 34.3. The van der Waals surface area contributed by atoms with Crippen molar-refractivity contribution in [2.45, 2.75) is 89.8 Å². The molecule has 0 saturated carbocycles. The molecule has 4 aromatic carbocycles. The summed E-state index contributed by atoms with van der Waals surface area (Å²) in [7, 11) is 0. The first-order valence-electron chi connectivity index (χ1n) is 24.8. The molecular formula is C55H74N10O6. The largest absolute Gasteiger partial charge is 0.494 e. The first kappa shape index (κ1) is 55.1. The van der Waals surface area contributed by atoms with E-state index in [4.69, 9.17) is 57.8 Å². The normalized spacial score (nSPS) is 14.4. The second kappa shape index (κ2) is 29.4. The molecule has 2 heterocycles. The molecule has 2 fully saturated rings. The number of nitrogens with two attached hydrogens (primary N) is 2. The van der Waals surface area contributed by atoms with Gasteiger partial charge in [-0.3, -0.25) is 10.8 Å². The molecule has 2 aliphatic heterocycles. The monoisotopic (exact) mass is 971 g/mol. The SMILES string of the molecule is N=C(N)c1ccc(OCCCNC2CCN(CCCOc3ccc(C(=N)N)cc3)CC2)cc1.[C-]#[N+]c1ccc(OCCCN(C(=O)OC(C)(C)C)C2CCN(CCCOc3ccc(C#N)cc3)CC2)cc1. The van der Waals surface area contributed by atoms with Crippen LogP contribution < -0.4 is 35.7 Å². The first-order valence-corrected chi connectivity index (χ1v) is 24.8. The van der Waals surface area contributed by atoms with Crippen LogP contribution in [0.4, 0.5) is 10.5 Å². The number of nitrogens with zero attached hydrogens (tertiary/aromatic N) is 5. The zero-order chi connectivity index (χ0) is 50.9. The van der Waals surface area contributed by atoms with E-state index in [1.54, 1.807) is 36.4 Å². The lowest BCUT2D eigenvalue weighted by Crippen LogP contribution is -2.49. The topological polar surface area (TPSA) is 213 Å². The van der Waals surface area contributed by atoms with Crippen LogP contribution in [-0.2, 0) is 4.74 Å². The second-order valence-electron chi connectivity index (χ2n) is 18.7. The van der Waals surface area contributed by atoms with Crippen molar-refractivity contribution in [1.82, 2.24) is 20.0 Å². The van der Waals surface area contributed by atoms with Gasteiger partial charge in [0, 0.05) is 55.9 Å². The number of benzene rings is 4. The molecule has 71 heavy (non-hydrogen) atoms. The molecule has 0 spiro atoms. The van der Waals surface area contributed by atoms with E-state index in [2.05, 4.69) is 26.0 Å². The van der Waals surface area contributed by atoms with E-state index in [1.165, 1.54) is 12.8 Å². The molecule has 6 rings (SSSR count). The highest BCUT2D eigenvalue weighted by atomic mass is 16.6. The van der Waals surface area contributed by atoms with E-state index in [9.17, 15) is 4.79 Å². The number of nitrogen functional groups attached to an aromatic ring is 2. The number of ether oxygens (including phenoxy) is 5. The maximum absolute atomic E-state index is 13.0. The minimum absolute atomic E-state index is 0.0717. The number of piperidine rings is 2. The van der Waals surface area contributed by atoms with Crippen molar-refractivity contribution in [2.24, 2.45) is 11.5 Å². The molecule has 4 aromatic rings. The molecule has 2 aliphatic rings. The lowest BCUT2D eigenvalue weighted by atomic mass is 10.0. The number of hydrogen-bond acceptors (Lipinski definition) is 12. The Morgan fingerprint density at radius 3 is 1.55 bits per heavy atom. The van der Waals surface area contributed by atoms with Gasteiger partial charge in [0.1, 0.15) is 40.3 Å². The Bertz CT molecular complexity index is 2290. The summed E-state index contributed by atoms with van der Waals surface area (Å²) in [6.07, 6.45) is 7.42. The van der Waals surface area contributed by atoms with E-state index in [0.29, 0.717) is 67.8 Å². The molecule has 16 nitrogen and oxygen atoms in total. The van der Waals surface area contributed by atoms with Crippen molar-refractivity contribution in [1.29, 1.82) is 16.1 Å². The van der Waals surface area contributed by atoms with Gasteiger partial charge in [-0.15, -0.1) is 0 Å². The summed E-state index contributed by atoms with van der Waals surface area (Å²) < 4.78 is 28.9. The zero-order valence-corrected chi connectivity index (χ0v) is 41.9. The van der Waals surface area contributed by atoms with Gasteiger partial charge in [-0.25, -0.2) is 9.64 Å². The van der Waals surface area contributed by atoms with Crippen molar-refractivity contribution in [3.8, 4) is 29.1 Å². The van der Waals surface area contributed by atoms with E-state index < -0.39 is 5.60 Å². The lowest BCUT2D eigenvalue weighted by Gasteiger charge is -2.39. The molecular weight excluding hydrogens is 897 g/mol. The predicted molar refractivity (Wildman–Crippen MR) is 279 cm³/mol. The summed E-state index contributed by atoms with van der Waals surface area (Å²) in [6.45, 7) is 22.8. The van der Waals surface area contributed by atoms with Gasteiger partial charge in [0.2, 0.25) is 0 Å². The Morgan fingerprint density at radius 2 is 1.11 bits per heavy atom. The molecule has 0 aliphatic carbocycles. The molecule has 0 atom stereocenters. The van der Waals surface area contributed by atoms with Crippen molar-refractivity contribution in [2.75, 3.05) is 78.8 Å². The van der Waals surface area contributed by atoms with Crippen LogP contribution in [0, 0.1) is 28.7 Å². The van der Waals surface area contributed by atoms with Crippen LogP contribution in [0.15, 0.2) is 97.1 Å². The van der Waals surface area contributed by atoms with Gasteiger partial charge in [0.15, 0.2) is 5.69 Å². The Morgan fingerprint density at radius 1 is 0.690 bits per heavy atom. The number of nitrogens with one attached hydrogen (secondary N) is 3. The van der Waals surface area contributed by atoms with Crippen molar-refractivity contribution < 1.29 is 28.5 Å². The van der Waals surface area contributed by atoms with Crippen LogP contribution in [0.5, 0.6) is 23.0 Å². The Labute approximate surface area is 421 Å². The Balaban J connectivity index is 0.000000267. The maximum Gasteiger partial charge on any atom is 0.410 e. The van der Waals surface area contributed by atoms with E-state index in [0.717, 1.165) is 101 Å². The van der Waals surface area contributed by atoms with E-state index in [-0.39, 0.29) is 23.8 Å². The van der Waals surface area contributed by atoms with Gasteiger partial charge in [0.25, 0.3) is 0 Å². The average Bonchev–Trinajstić information content (AvgIpc) is 3.37. The third kappa shape index (κ3) is 20.6. The number of hydrogen-bond donors (Lipinski definition) is 5. The van der Waals surface area contributed by atoms with Crippen LogP contribution in [0.2, 0.25) is 0 Å². The van der Waals surface area contributed by atoms with Crippen molar-refractivity contribution in [3.63, 3.8) is 0 Å². The number of amidine groups is 2. The molecule has 380 valence electrons. The van der Waals surface area contributed by atoms with Crippen LogP contribution in [0.1, 0.15) is 88.8 Å². The quantitative estimate of drug-likeness (QED) is 0.0193. The fraction of sp³-hybridized carbons (Fsp3) is 0.473. The predicted octanol–water partition coefficient (Wildman–Crippen LogP) is 8.60. The molecule has 2 saturated heterocycles. The van der Waals surface area contributed by atoms with Crippen molar-refractivity contribution >= 4 is 23.5 Å². The zero-order valence-electron chi connectivity index (χ0n) is 41.9. The van der Waals surface area contributed by atoms with Crippen LogP contribution in [0.25, 0.3) is 4.85 Å². The fourth-order valence-electron chi connectivity index (χ4n) is 8.21. The van der Waals surface area contributed by atoms with Crippen LogP contribution in [0.3, 0.4) is 0 Å². The molecule has 0 radical (unpaired) electrons. The highest BCUT2D eigenvalue weighted by Gasteiger charge is 2.31. The number of carbonyl (C=O) groups excluding carboxylic acids is 1. The van der Waals surface area contributed by atoms with Gasteiger partial charge in [-0.1, -0.05) is 12.1 Å². The number of carbonyl (C=O) groups is 1. The summed E-state index contributed by atoms with van der Waals surface area (Å²) in [5.41, 5.74) is 13.0. The minimum atomic E-state index is -0.549. The van der Waals surface area contributed by atoms with Gasteiger partial charge < -0.3 is 55.2 Å². The van der Waals surface area contributed by atoms with E-state index in [1.807, 2.05) is 86.3 Å². The molecule has 0 bridgehead atoms. The van der Waals surface area contributed by atoms with Gasteiger partial charge in [0.05, 0.1) is 44.6 Å². The molecule has 1 amide bonds. The summed E-state index contributed by atoms with van der Waals surface area (Å²) in [5.74, 6) is 3.27. The Hall–Kier alpha value is -6.85. The van der Waals surface area contributed by atoms with Crippen LogP contribution in [-0.4, -0.2) is 129 Å². The summed E-state index contributed by atoms with van der Waals surface area (Å²) in [6, 6.07) is 31.7. The van der Waals surface area contributed by atoms with Gasteiger partial charge >= 0.3 is 6.09 Å². The molecule has 0 aromatic heterocycles. The molecule has 16 heteroatoms. The summed E-state index contributed by atoms with van der Waals surface area (Å²) in [5, 5.41) is 27.4. The Kier molecular flexibility index (Phi) is 22.8. The maximum atomic E-state index is 13.0. The highest BCUT2D eigenvalue weighted by Crippen LogP contribution is 2.23. The standard InChI is InChI=1S/C30H38N4O4.C25H36N6O2/c1-30(2,3)38-29(35)34(18-6-22-37-28-13-9-25(32-4)10-14-28)26-15-19-33(20-16-26)17-5-21-36-27-11-7-24(23-31)8-12-27;26-24(27)19-3-7-22(8-4-19)32-17-1-13-30-21-11-15-31(16-12-21)14-2-18-33-23-9-5-20(6-10-23)25(28)29/h7-14,26H,5-6,15-22H2,1-3H3;3-10,21,30H,1-2,11-18H2,(H3,26,27)(H3,28,29). The van der Waals surface area contributed by atoms with Gasteiger partial charge in [-0.05, 0) is 177 Å². The van der Waals surface area contributed by atoms with Gasteiger partial charge in [-0.2, -0.15) is 5.26 Å². The highest BCUT2D eigenvalue weighted by molar-refractivity contribution is 5.95. The third-order valence-electron chi connectivity index (χ3n) is 12.1. The number of likely N-dealkylation sites (tertiary alicyclic amines) is 2. The molecule has 0 unspecified atom stereocenters. The third-order valence-corrected chi connectivity index (χ3v) is 12.1. The summed E-state index contributed by atoms with van der Waals surface area (Å²) >= 11 is 0. The second-order valence-corrected chi connectivity index (χ2v) is 18.7.